The Hall–Kier alpha value is -1.59. The molecule has 0 aromatic heterocycles. The summed E-state index contributed by atoms with van der Waals surface area (Å²) in [5.41, 5.74) is 0.773. The van der Waals surface area contributed by atoms with Crippen LogP contribution < -0.4 is 15.4 Å². The fraction of sp³-hybridized carbons (Fsp3) is 0.588. The molecule has 22 heavy (non-hydrogen) atoms. The molecular weight excluding hydrogens is 280 g/mol. The summed E-state index contributed by atoms with van der Waals surface area (Å²) in [4.78, 5) is 12.0. The summed E-state index contributed by atoms with van der Waals surface area (Å²) >= 11 is 0. The number of carbonyl (C=O) groups is 1. The monoisotopic (exact) mass is 304 g/mol. The Morgan fingerprint density at radius 2 is 1.91 bits per heavy atom. The van der Waals surface area contributed by atoms with Gasteiger partial charge in [-0.2, -0.15) is 0 Å². The van der Waals surface area contributed by atoms with Crippen LogP contribution in [0.2, 0.25) is 0 Å². The van der Waals surface area contributed by atoms with Crippen LogP contribution in [0.25, 0.3) is 0 Å². The SMILES string of the molecule is O=C(Nc1ccc(OC2CCCCC2O)cc1)[C@@H]1CCCN1. The first-order valence-corrected chi connectivity index (χ1v) is 8.21. The van der Waals surface area contributed by atoms with E-state index < -0.39 is 0 Å². The van der Waals surface area contributed by atoms with Crippen LogP contribution in [0, 0.1) is 0 Å². The van der Waals surface area contributed by atoms with E-state index in [9.17, 15) is 9.90 Å². The highest BCUT2D eigenvalue weighted by Gasteiger charge is 2.25. The van der Waals surface area contributed by atoms with Crippen molar-refractivity contribution in [3.63, 3.8) is 0 Å². The van der Waals surface area contributed by atoms with Gasteiger partial charge in [-0.05, 0) is 62.9 Å². The van der Waals surface area contributed by atoms with E-state index in [1.165, 1.54) is 0 Å². The molecule has 3 atom stereocenters. The van der Waals surface area contributed by atoms with E-state index in [1.807, 2.05) is 24.3 Å². The molecule has 0 radical (unpaired) electrons. The highest BCUT2D eigenvalue weighted by Crippen LogP contribution is 2.25. The van der Waals surface area contributed by atoms with Gasteiger partial charge in [0.2, 0.25) is 5.91 Å². The molecule has 5 heteroatoms. The Balaban J connectivity index is 1.54. The van der Waals surface area contributed by atoms with Crippen molar-refractivity contribution < 1.29 is 14.6 Å². The molecule has 0 spiro atoms. The number of amides is 1. The van der Waals surface area contributed by atoms with Crippen molar-refractivity contribution in [1.29, 1.82) is 0 Å². The van der Waals surface area contributed by atoms with E-state index in [-0.39, 0.29) is 24.2 Å². The maximum absolute atomic E-state index is 12.0. The molecule has 1 aliphatic heterocycles. The zero-order valence-corrected chi connectivity index (χ0v) is 12.8. The first kappa shape index (κ1) is 15.3. The molecule has 3 rings (SSSR count). The van der Waals surface area contributed by atoms with Gasteiger partial charge in [-0.3, -0.25) is 4.79 Å². The van der Waals surface area contributed by atoms with E-state index in [0.29, 0.717) is 0 Å². The van der Waals surface area contributed by atoms with Crippen LogP contribution in [0.3, 0.4) is 0 Å². The minimum Gasteiger partial charge on any atom is -0.488 e. The van der Waals surface area contributed by atoms with Crippen molar-refractivity contribution in [1.82, 2.24) is 5.32 Å². The Morgan fingerprint density at radius 1 is 1.14 bits per heavy atom. The molecule has 1 aliphatic carbocycles. The summed E-state index contributed by atoms with van der Waals surface area (Å²) in [7, 11) is 0. The normalized spacial score (nSPS) is 28.3. The molecule has 1 saturated carbocycles. The summed E-state index contributed by atoms with van der Waals surface area (Å²) in [5, 5.41) is 16.0. The maximum Gasteiger partial charge on any atom is 0.241 e. The van der Waals surface area contributed by atoms with Crippen LogP contribution in [0.1, 0.15) is 38.5 Å². The fourth-order valence-electron chi connectivity index (χ4n) is 3.14. The lowest BCUT2D eigenvalue weighted by molar-refractivity contribution is -0.117. The zero-order chi connectivity index (χ0) is 15.4. The van der Waals surface area contributed by atoms with Gasteiger partial charge in [0.25, 0.3) is 0 Å². The summed E-state index contributed by atoms with van der Waals surface area (Å²) in [6.45, 7) is 0.911. The average molecular weight is 304 g/mol. The smallest absolute Gasteiger partial charge is 0.241 e. The van der Waals surface area contributed by atoms with Crippen molar-refractivity contribution >= 4 is 11.6 Å². The number of rotatable bonds is 4. The van der Waals surface area contributed by atoms with Gasteiger partial charge >= 0.3 is 0 Å². The minimum absolute atomic E-state index is 0.0221. The van der Waals surface area contributed by atoms with E-state index in [1.54, 1.807) is 0 Å². The molecular formula is C17H24N2O3. The van der Waals surface area contributed by atoms with E-state index in [2.05, 4.69) is 10.6 Å². The third kappa shape index (κ3) is 3.78. The van der Waals surface area contributed by atoms with Crippen LogP contribution >= 0.6 is 0 Å². The molecule has 5 nitrogen and oxygen atoms in total. The molecule has 120 valence electrons. The summed E-state index contributed by atoms with van der Waals surface area (Å²) in [6.07, 6.45) is 5.34. The number of carbonyl (C=O) groups excluding carboxylic acids is 1. The van der Waals surface area contributed by atoms with Crippen LogP contribution in [-0.4, -0.2) is 35.8 Å². The standard InChI is InChI=1S/C17H24N2O3/c20-15-5-1-2-6-16(15)22-13-9-7-12(8-10-13)19-17(21)14-4-3-11-18-14/h7-10,14-16,18,20H,1-6,11H2,(H,19,21)/t14-,15?,16?/m0/s1. The number of anilines is 1. The molecule has 1 saturated heterocycles. The minimum atomic E-state index is -0.374. The number of nitrogens with one attached hydrogen (secondary N) is 2. The molecule has 2 aliphatic rings. The second-order valence-corrected chi connectivity index (χ2v) is 6.17. The van der Waals surface area contributed by atoms with Crippen molar-refractivity contribution in [3.8, 4) is 5.75 Å². The van der Waals surface area contributed by atoms with E-state index in [4.69, 9.17) is 4.74 Å². The number of aliphatic hydroxyl groups excluding tert-OH is 1. The molecule has 2 unspecified atom stereocenters. The predicted octanol–water partition coefficient (Wildman–Crippen LogP) is 2.06. The van der Waals surface area contributed by atoms with E-state index >= 15 is 0 Å². The second-order valence-electron chi connectivity index (χ2n) is 6.17. The first-order chi connectivity index (χ1) is 10.7. The Labute approximate surface area is 131 Å². The van der Waals surface area contributed by atoms with Gasteiger partial charge in [-0.15, -0.1) is 0 Å². The van der Waals surface area contributed by atoms with Crippen molar-refractivity contribution in [2.75, 3.05) is 11.9 Å². The van der Waals surface area contributed by atoms with Gasteiger partial charge in [0.1, 0.15) is 11.9 Å². The van der Waals surface area contributed by atoms with Crippen molar-refractivity contribution in [3.05, 3.63) is 24.3 Å². The lowest BCUT2D eigenvalue weighted by Crippen LogP contribution is -2.35. The quantitative estimate of drug-likeness (QED) is 0.796. The van der Waals surface area contributed by atoms with Gasteiger partial charge in [-0.1, -0.05) is 6.42 Å². The largest absolute Gasteiger partial charge is 0.488 e. The van der Waals surface area contributed by atoms with Crippen LogP contribution in [0.5, 0.6) is 5.75 Å². The molecule has 1 amide bonds. The van der Waals surface area contributed by atoms with E-state index in [0.717, 1.165) is 56.5 Å². The van der Waals surface area contributed by atoms with Crippen LogP contribution in [0.4, 0.5) is 5.69 Å². The molecule has 1 heterocycles. The maximum atomic E-state index is 12.0. The summed E-state index contributed by atoms with van der Waals surface area (Å²) < 4.78 is 5.85. The molecule has 3 N–H and O–H groups in total. The molecule has 1 aromatic carbocycles. The summed E-state index contributed by atoms with van der Waals surface area (Å²) in [6, 6.07) is 7.31. The van der Waals surface area contributed by atoms with Gasteiger partial charge in [0.15, 0.2) is 0 Å². The number of benzene rings is 1. The Bertz CT molecular complexity index is 497. The second kappa shape index (κ2) is 7.11. The lowest BCUT2D eigenvalue weighted by Gasteiger charge is -2.28. The van der Waals surface area contributed by atoms with Gasteiger partial charge in [0.05, 0.1) is 12.1 Å². The topological polar surface area (TPSA) is 70.6 Å². The van der Waals surface area contributed by atoms with Crippen LogP contribution in [-0.2, 0) is 4.79 Å². The van der Waals surface area contributed by atoms with Crippen LogP contribution in [0.15, 0.2) is 24.3 Å². The third-order valence-corrected chi connectivity index (χ3v) is 4.45. The predicted molar refractivity (Wildman–Crippen MR) is 85.0 cm³/mol. The fourth-order valence-corrected chi connectivity index (χ4v) is 3.14. The summed E-state index contributed by atoms with van der Waals surface area (Å²) in [5.74, 6) is 0.761. The average Bonchev–Trinajstić information content (AvgIpc) is 3.06. The van der Waals surface area contributed by atoms with Crippen molar-refractivity contribution in [2.24, 2.45) is 0 Å². The molecule has 1 aromatic rings. The lowest BCUT2D eigenvalue weighted by atomic mass is 9.95. The van der Waals surface area contributed by atoms with Gasteiger partial charge in [-0.25, -0.2) is 0 Å². The number of aliphatic hydroxyl groups is 1. The van der Waals surface area contributed by atoms with Crippen molar-refractivity contribution in [2.45, 2.75) is 56.8 Å². The molecule has 2 fully saturated rings. The molecule has 0 bridgehead atoms. The number of hydrogen-bond acceptors (Lipinski definition) is 4. The number of hydrogen-bond donors (Lipinski definition) is 3. The van der Waals surface area contributed by atoms with Gasteiger partial charge < -0.3 is 20.5 Å². The number of ether oxygens (including phenoxy) is 1. The highest BCUT2D eigenvalue weighted by molar-refractivity contribution is 5.95. The highest BCUT2D eigenvalue weighted by atomic mass is 16.5. The Morgan fingerprint density at radius 3 is 2.59 bits per heavy atom. The third-order valence-electron chi connectivity index (χ3n) is 4.45. The Kier molecular flexibility index (Phi) is 4.95. The zero-order valence-electron chi connectivity index (χ0n) is 12.8. The van der Waals surface area contributed by atoms with Gasteiger partial charge in [0, 0.05) is 5.69 Å². The first-order valence-electron chi connectivity index (χ1n) is 8.21.